The minimum absolute atomic E-state index is 0.162. The van der Waals surface area contributed by atoms with Crippen LogP contribution in [-0.4, -0.2) is 35.4 Å². The lowest BCUT2D eigenvalue weighted by Crippen LogP contribution is -2.43. The third kappa shape index (κ3) is 4.94. The zero-order chi connectivity index (χ0) is 33.8. The molecule has 9 nitrogen and oxygen atoms in total. The van der Waals surface area contributed by atoms with E-state index in [-0.39, 0.29) is 57.5 Å². The highest BCUT2D eigenvalue weighted by Crippen LogP contribution is 2.40. The molecule has 2 aliphatic heterocycles. The average molecular weight is 647 g/mol. The minimum atomic E-state index is -0.680. The van der Waals surface area contributed by atoms with E-state index in [4.69, 9.17) is 4.74 Å². The van der Waals surface area contributed by atoms with Crippen molar-refractivity contribution in [2.45, 2.75) is 25.9 Å². The number of hydrogen-bond acceptors (Lipinski definition) is 7. The average Bonchev–Trinajstić information content (AvgIpc) is 3.86. The first-order valence-electron chi connectivity index (χ1n) is 15.8. The van der Waals surface area contributed by atoms with Crippen LogP contribution in [0.1, 0.15) is 71.8 Å². The molecule has 2 aliphatic carbocycles. The highest BCUT2D eigenvalue weighted by atomic mass is 16.5. The molecule has 8 rings (SSSR count). The largest absolute Gasteiger partial charge is 0.460 e. The van der Waals surface area contributed by atoms with Crippen molar-refractivity contribution in [3.63, 3.8) is 0 Å². The first-order chi connectivity index (χ1) is 23.8. The van der Waals surface area contributed by atoms with Gasteiger partial charge in [0.05, 0.1) is 11.4 Å². The number of nitrogens with zero attached hydrogens (tertiary/aromatic N) is 2. The topological polar surface area (TPSA) is 118 Å². The Morgan fingerprint density at radius 3 is 1.86 bits per heavy atom. The number of anilines is 2. The number of carbonyl (C=O) groups is 6. The zero-order valence-electron chi connectivity index (χ0n) is 26.0. The Hall–Kier alpha value is -6.48. The van der Waals surface area contributed by atoms with Crippen molar-refractivity contribution in [2.24, 2.45) is 0 Å². The van der Waals surface area contributed by atoms with Gasteiger partial charge >= 0.3 is 5.97 Å². The number of carbonyl (C=O) groups excluding carboxylic acids is 6. The second kappa shape index (κ2) is 11.6. The Morgan fingerprint density at radius 2 is 1.31 bits per heavy atom. The summed E-state index contributed by atoms with van der Waals surface area (Å²) in [7, 11) is 0. The fraction of sp³-hybridized carbons (Fsp3) is 0.100. The summed E-state index contributed by atoms with van der Waals surface area (Å²) in [6.45, 7) is -0.162. The first kappa shape index (κ1) is 29.9. The van der Waals surface area contributed by atoms with E-state index < -0.39 is 29.6 Å². The lowest BCUT2D eigenvalue weighted by molar-refractivity contribution is -0.146. The predicted molar refractivity (Wildman–Crippen MR) is 182 cm³/mol. The van der Waals surface area contributed by atoms with E-state index in [1.54, 1.807) is 48.6 Å². The fourth-order valence-electron chi connectivity index (χ4n) is 6.72. The summed E-state index contributed by atoms with van der Waals surface area (Å²) >= 11 is 0. The SMILES string of the molecule is O=C(CC(=O)C1=CC=CC1)OCc1cccc(N2C(=O)c3ccc4c5c(ccc(c35)C2=O)C(=O)N(c2ccc(C3=CCC=C3)cc2)C4=O)c1. The Bertz CT molecular complexity index is 2250. The molecule has 49 heavy (non-hydrogen) atoms. The van der Waals surface area contributed by atoms with Crippen molar-refractivity contribution in [3.8, 4) is 0 Å². The molecule has 0 N–H and O–H groups in total. The van der Waals surface area contributed by atoms with Gasteiger partial charge in [-0.2, -0.15) is 0 Å². The molecule has 0 spiro atoms. The third-order valence-electron chi connectivity index (χ3n) is 9.13. The van der Waals surface area contributed by atoms with Gasteiger partial charge in [0.2, 0.25) is 0 Å². The molecule has 4 amide bonds. The van der Waals surface area contributed by atoms with Crippen LogP contribution in [-0.2, 0) is 20.9 Å². The number of amides is 4. The van der Waals surface area contributed by atoms with Crippen molar-refractivity contribution in [3.05, 3.63) is 148 Å². The Morgan fingerprint density at radius 1 is 0.694 bits per heavy atom. The van der Waals surface area contributed by atoms with E-state index in [9.17, 15) is 28.8 Å². The molecule has 0 saturated heterocycles. The quantitative estimate of drug-likeness (QED) is 0.119. The molecule has 0 radical (unpaired) electrons. The van der Waals surface area contributed by atoms with Gasteiger partial charge in [0, 0.05) is 33.0 Å². The van der Waals surface area contributed by atoms with Crippen LogP contribution in [0.2, 0.25) is 0 Å². The van der Waals surface area contributed by atoms with Gasteiger partial charge in [-0.05, 0) is 83.6 Å². The monoisotopic (exact) mass is 646 g/mol. The van der Waals surface area contributed by atoms with Crippen LogP contribution < -0.4 is 9.80 Å². The maximum atomic E-state index is 13.9. The van der Waals surface area contributed by atoms with Crippen LogP contribution in [0.15, 0.2) is 115 Å². The molecule has 4 aliphatic rings. The summed E-state index contributed by atoms with van der Waals surface area (Å²) in [6, 6.07) is 19.7. The van der Waals surface area contributed by atoms with Crippen molar-refractivity contribution in [1.29, 1.82) is 0 Å². The molecule has 4 aromatic rings. The maximum Gasteiger partial charge on any atom is 0.314 e. The van der Waals surface area contributed by atoms with Gasteiger partial charge in [0.25, 0.3) is 23.6 Å². The van der Waals surface area contributed by atoms with Gasteiger partial charge in [-0.1, -0.05) is 60.7 Å². The van der Waals surface area contributed by atoms with Crippen molar-refractivity contribution < 1.29 is 33.5 Å². The van der Waals surface area contributed by atoms with Gasteiger partial charge in [-0.15, -0.1) is 0 Å². The van der Waals surface area contributed by atoms with Gasteiger partial charge in [-0.3, -0.25) is 28.8 Å². The third-order valence-corrected chi connectivity index (χ3v) is 9.13. The maximum absolute atomic E-state index is 13.9. The van der Waals surface area contributed by atoms with Gasteiger partial charge in [0.15, 0.2) is 5.78 Å². The molecular formula is C40H26N2O7. The second-order valence-electron chi connectivity index (χ2n) is 12.1. The molecule has 4 aromatic carbocycles. The molecule has 238 valence electrons. The number of imide groups is 2. The van der Waals surface area contributed by atoms with Crippen LogP contribution in [0.25, 0.3) is 16.3 Å². The van der Waals surface area contributed by atoms with E-state index in [0.29, 0.717) is 23.2 Å². The molecule has 2 heterocycles. The highest BCUT2D eigenvalue weighted by Gasteiger charge is 2.40. The number of rotatable bonds is 8. The number of hydrogen-bond donors (Lipinski definition) is 0. The number of allylic oxidation sites excluding steroid dienone is 8. The number of Topliss-reactive ketones (excluding diaryl/α,β-unsaturated/α-hetero) is 1. The van der Waals surface area contributed by atoms with Crippen molar-refractivity contribution in [1.82, 2.24) is 0 Å². The number of benzene rings is 4. The van der Waals surface area contributed by atoms with Crippen LogP contribution >= 0.6 is 0 Å². The second-order valence-corrected chi connectivity index (χ2v) is 12.1. The van der Waals surface area contributed by atoms with E-state index in [0.717, 1.165) is 27.4 Å². The van der Waals surface area contributed by atoms with Gasteiger partial charge in [0.1, 0.15) is 13.0 Å². The molecule has 0 saturated carbocycles. The van der Waals surface area contributed by atoms with E-state index in [1.165, 1.54) is 24.3 Å². The van der Waals surface area contributed by atoms with E-state index >= 15 is 0 Å². The molecule has 0 aromatic heterocycles. The first-order valence-corrected chi connectivity index (χ1v) is 15.8. The number of ketones is 1. The van der Waals surface area contributed by atoms with Crippen molar-refractivity contribution in [2.75, 3.05) is 9.80 Å². The van der Waals surface area contributed by atoms with Crippen LogP contribution in [0.4, 0.5) is 11.4 Å². The fourth-order valence-corrected chi connectivity index (χ4v) is 6.72. The van der Waals surface area contributed by atoms with Crippen LogP contribution in [0, 0.1) is 0 Å². The number of ether oxygens (including phenoxy) is 1. The summed E-state index contributed by atoms with van der Waals surface area (Å²) in [5, 5.41) is 0.542. The Balaban J connectivity index is 1.06. The van der Waals surface area contributed by atoms with E-state index in [1.807, 2.05) is 24.3 Å². The molecule has 0 atom stereocenters. The van der Waals surface area contributed by atoms with Gasteiger partial charge < -0.3 is 4.74 Å². The van der Waals surface area contributed by atoms with E-state index in [2.05, 4.69) is 12.2 Å². The smallest absolute Gasteiger partial charge is 0.314 e. The lowest BCUT2D eigenvalue weighted by Gasteiger charge is -2.32. The van der Waals surface area contributed by atoms with Crippen LogP contribution in [0.5, 0.6) is 0 Å². The summed E-state index contributed by atoms with van der Waals surface area (Å²) in [4.78, 5) is 82.4. The highest BCUT2D eigenvalue weighted by molar-refractivity contribution is 6.42. The summed E-state index contributed by atoms with van der Waals surface area (Å²) in [5.41, 5.74) is 4.58. The van der Waals surface area contributed by atoms with Crippen molar-refractivity contribution >= 4 is 63.1 Å². The summed E-state index contributed by atoms with van der Waals surface area (Å²) < 4.78 is 5.32. The van der Waals surface area contributed by atoms with Crippen LogP contribution in [0.3, 0.4) is 0 Å². The molecule has 0 unspecified atom stereocenters. The molecule has 0 bridgehead atoms. The lowest BCUT2D eigenvalue weighted by atomic mass is 9.85. The molecular weight excluding hydrogens is 620 g/mol. The number of esters is 1. The normalized spacial score (nSPS) is 16.1. The summed E-state index contributed by atoms with van der Waals surface area (Å²) in [6.07, 6.45) is 12.4. The Labute approximate surface area is 280 Å². The Kier molecular flexibility index (Phi) is 7.10. The van der Waals surface area contributed by atoms with Gasteiger partial charge in [-0.25, -0.2) is 9.80 Å². The zero-order valence-corrected chi connectivity index (χ0v) is 26.0. The standard InChI is InChI=1S/C40H26N2O7/c43-33(26-9-3-4-10-26)21-34(44)49-22-23-6-5-11-28(20-23)42-39(47)31-18-16-29-35-30(17-19-32(36(31)35)40(42)48)38(46)41(37(29)45)27-14-12-25(13-15-27)24-7-1-2-8-24/h1,3-9,11-20H,2,10,21-22H2. The summed E-state index contributed by atoms with van der Waals surface area (Å²) in [5.74, 6) is -3.30. The molecule has 0 fully saturated rings. The predicted octanol–water partition coefficient (Wildman–Crippen LogP) is 6.67. The molecule has 9 heteroatoms. The minimum Gasteiger partial charge on any atom is -0.460 e.